The van der Waals surface area contributed by atoms with Gasteiger partial charge in [0, 0.05) is 5.57 Å². The molecule has 0 saturated heterocycles. The van der Waals surface area contributed by atoms with Crippen LogP contribution in [0, 0.1) is 5.92 Å². The lowest BCUT2D eigenvalue weighted by molar-refractivity contribution is -0.120. The number of carbonyl (C=O) groups excluding carboxylic acids is 1. The summed E-state index contributed by atoms with van der Waals surface area (Å²) < 4.78 is 0. The quantitative estimate of drug-likeness (QED) is 0.568. The Hall–Kier alpha value is -1.29. The Bertz CT molecular complexity index is 281. The van der Waals surface area contributed by atoms with Crippen LogP contribution >= 0.6 is 0 Å². The first-order chi connectivity index (χ1) is 5.79. The van der Waals surface area contributed by atoms with E-state index in [1.165, 1.54) is 0 Å². The smallest absolute Gasteiger partial charge is 0.225 e. The van der Waals surface area contributed by atoms with Gasteiger partial charge in [-0.1, -0.05) is 6.08 Å². The van der Waals surface area contributed by atoms with E-state index in [0.29, 0.717) is 13.0 Å². The van der Waals surface area contributed by atoms with Crippen LogP contribution in [0.4, 0.5) is 0 Å². The monoisotopic (exact) mass is 166 g/mol. The van der Waals surface area contributed by atoms with E-state index in [-0.39, 0.29) is 11.8 Å². The SMILES string of the molecule is NC(=O)[C@@H]1CC=CC2=C1CNO2. The molecular formula is C8H10N2O2. The average molecular weight is 166 g/mol. The maximum Gasteiger partial charge on any atom is 0.225 e. The highest BCUT2D eigenvalue weighted by Gasteiger charge is 2.28. The standard InChI is InChI=1S/C8H10N2O2/c9-8(11)5-2-1-3-7-6(5)4-10-12-7/h1,3,5,10H,2,4H2,(H2,9,11)/t5-/m1/s1. The number of hydrogen-bond acceptors (Lipinski definition) is 3. The topological polar surface area (TPSA) is 64.4 Å². The predicted molar refractivity (Wildman–Crippen MR) is 42.6 cm³/mol. The van der Waals surface area contributed by atoms with Gasteiger partial charge in [0.1, 0.15) is 5.76 Å². The van der Waals surface area contributed by atoms with Crippen molar-refractivity contribution in [1.29, 1.82) is 0 Å². The number of primary amides is 1. The molecule has 4 heteroatoms. The molecule has 1 amide bonds. The van der Waals surface area contributed by atoms with Gasteiger partial charge in [0.25, 0.3) is 0 Å². The molecule has 0 fully saturated rings. The average Bonchev–Trinajstić information content (AvgIpc) is 2.49. The van der Waals surface area contributed by atoms with E-state index in [1.54, 1.807) is 0 Å². The molecule has 1 atom stereocenters. The molecule has 0 spiro atoms. The summed E-state index contributed by atoms with van der Waals surface area (Å²) in [5.74, 6) is 0.296. The van der Waals surface area contributed by atoms with Crippen molar-refractivity contribution in [1.82, 2.24) is 5.48 Å². The maximum absolute atomic E-state index is 11.0. The second-order valence-corrected chi connectivity index (χ2v) is 2.91. The van der Waals surface area contributed by atoms with E-state index in [1.807, 2.05) is 12.2 Å². The van der Waals surface area contributed by atoms with Crippen LogP contribution in [0.2, 0.25) is 0 Å². The van der Waals surface area contributed by atoms with Gasteiger partial charge in [-0.25, -0.2) is 0 Å². The largest absolute Gasteiger partial charge is 0.408 e. The van der Waals surface area contributed by atoms with Gasteiger partial charge in [0.2, 0.25) is 5.91 Å². The Balaban J connectivity index is 2.29. The first-order valence-electron chi connectivity index (χ1n) is 3.87. The molecule has 0 radical (unpaired) electrons. The van der Waals surface area contributed by atoms with Crippen LogP contribution in [-0.2, 0) is 9.63 Å². The molecule has 4 nitrogen and oxygen atoms in total. The van der Waals surface area contributed by atoms with E-state index in [4.69, 9.17) is 10.6 Å². The number of hydroxylamine groups is 1. The number of rotatable bonds is 1. The predicted octanol–water partition coefficient (Wildman–Crippen LogP) is -0.163. The summed E-state index contributed by atoms with van der Waals surface area (Å²) in [6.45, 7) is 0.604. The van der Waals surface area contributed by atoms with Gasteiger partial charge in [-0.3, -0.25) is 4.79 Å². The number of amides is 1. The summed E-state index contributed by atoms with van der Waals surface area (Å²) in [5, 5.41) is 0. The van der Waals surface area contributed by atoms with Gasteiger partial charge in [-0.05, 0) is 12.5 Å². The van der Waals surface area contributed by atoms with Crippen molar-refractivity contribution in [2.24, 2.45) is 11.7 Å². The van der Waals surface area contributed by atoms with Crippen molar-refractivity contribution in [3.8, 4) is 0 Å². The van der Waals surface area contributed by atoms with Crippen molar-refractivity contribution in [3.63, 3.8) is 0 Å². The molecule has 1 aliphatic carbocycles. The minimum absolute atomic E-state index is 0.181. The first-order valence-corrected chi connectivity index (χ1v) is 3.87. The molecule has 3 N–H and O–H groups in total. The minimum Gasteiger partial charge on any atom is -0.408 e. The van der Waals surface area contributed by atoms with Crippen molar-refractivity contribution < 1.29 is 9.63 Å². The first kappa shape index (κ1) is 7.36. The molecule has 1 aliphatic heterocycles. The highest BCUT2D eigenvalue weighted by molar-refractivity contribution is 5.80. The summed E-state index contributed by atoms with van der Waals surface area (Å²) in [7, 11) is 0. The molecule has 0 bridgehead atoms. The lowest BCUT2D eigenvalue weighted by Crippen LogP contribution is -2.27. The van der Waals surface area contributed by atoms with Crippen molar-refractivity contribution in [3.05, 3.63) is 23.5 Å². The lowest BCUT2D eigenvalue weighted by Gasteiger charge is -2.14. The summed E-state index contributed by atoms with van der Waals surface area (Å²) >= 11 is 0. The van der Waals surface area contributed by atoms with Crippen LogP contribution in [0.1, 0.15) is 6.42 Å². The van der Waals surface area contributed by atoms with Gasteiger partial charge in [0.05, 0.1) is 12.5 Å². The number of hydrogen-bond donors (Lipinski definition) is 2. The Labute approximate surface area is 70.0 Å². The molecular weight excluding hydrogens is 156 g/mol. The van der Waals surface area contributed by atoms with E-state index in [2.05, 4.69) is 5.48 Å². The van der Waals surface area contributed by atoms with Crippen LogP contribution in [-0.4, -0.2) is 12.5 Å². The van der Waals surface area contributed by atoms with E-state index in [0.717, 1.165) is 11.3 Å². The third kappa shape index (κ3) is 1.00. The van der Waals surface area contributed by atoms with Crippen molar-refractivity contribution in [2.75, 3.05) is 6.54 Å². The molecule has 0 aromatic heterocycles. The zero-order valence-corrected chi connectivity index (χ0v) is 6.54. The molecule has 0 unspecified atom stereocenters. The molecule has 12 heavy (non-hydrogen) atoms. The number of carbonyl (C=O) groups is 1. The zero-order valence-electron chi connectivity index (χ0n) is 6.54. The minimum atomic E-state index is -0.279. The second-order valence-electron chi connectivity index (χ2n) is 2.91. The van der Waals surface area contributed by atoms with Gasteiger partial charge >= 0.3 is 0 Å². The van der Waals surface area contributed by atoms with E-state index < -0.39 is 0 Å². The summed E-state index contributed by atoms with van der Waals surface area (Å²) in [5.41, 5.74) is 8.93. The van der Waals surface area contributed by atoms with Crippen LogP contribution in [0.5, 0.6) is 0 Å². The van der Waals surface area contributed by atoms with Crippen molar-refractivity contribution in [2.45, 2.75) is 6.42 Å². The summed E-state index contributed by atoms with van der Waals surface area (Å²) in [4.78, 5) is 16.0. The summed E-state index contributed by atoms with van der Waals surface area (Å²) in [6, 6.07) is 0. The fourth-order valence-electron chi connectivity index (χ4n) is 1.52. The number of allylic oxidation sites excluding steroid dienone is 2. The molecule has 2 aliphatic rings. The fourth-order valence-corrected chi connectivity index (χ4v) is 1.52. The van der Waals surface area contributed by atoms with Crippen LogP contribution in [0.3, 0.4) is 0 Å². The summed E-state index contributed by atoms with van der Waals surface area (Å²) in [6.07, 6.45) is 4.47. The Morgan fingerprint density at radius 1 is 1.75 bits per heavy atom. The van der Waals surface area contributed by atoms with Crippen LogP contribution in [0.15, 0.2) is 23.5 Å². The Morgan fingerprint density at radius 2 is 2.58 bits per heavy atom. The second kappa shape index (κ2) is 2.64. The van der Waals surface area contributed by atoms with Gasteiger partial charge in [-0.2, -0.15) is 5.48 Å². The maximum atomic E-state index is 11.0. The molecule has 0 aromatic rings. The van der Waals surface area contributed by atoms with E-state index >= 15 is 0 Å². The number of nitrogens with one attached hydrogen (secondary N) is 1. The fraction of sp³-hybridized carbons (Fsp3) is 0.375. The highest BCUT2D eigenvalue weighted by Crippen LogP contribution is 2.27. The third-order valence-corrected chi connectivity index (χ3v) is 2.17. The van der Waals surface area contributed by atoms with E-state index in [9.17, 15) is 4.79 Å². The molecule has 0 saturated carbocycles. The normalized spacial score (nSPS) is 26.8. The van der Waals surface area contributed by atoms with Gasteiger partial charge in [-0.15, -0.1) is 0 Å². The molecule has 0 aromatic carbocycles. The van der Waals surface area contributed by atoms with Gasteiger partial charge in [0.15, 0.2) is 0 Å². The molecule has 64 valence electrons. The third-order valence-electron chi connectivity index (χ3n) is 2.17. The Kier molecular flexibility index (Phi) is 1.62. The number of nitrogens with two attached hydrogens (primary N) is 1. The zero-order chi connectivity index (χ0) is 8.55. The van der Waals surface area contributed by atoms with Gasteiger partial charge < -0.3 is 10.6 Å². The highest BCUT2D eigenvalue weighted by atomic mass is 16.7. The lowest BCUT2D eigenvalue weighted by atomic mass is 9.90. The molecule has 1 heterocycles. The van der Waals surface area contributed by atoms with Crippen LogP contribution in [0.25, 0.3) is 0 Å². The van der Waals surface area contributed by atoms with Crippen LogP contribution < -0.4 is 11.2 Å². The van der Waals surface area contributed by atoms with Crippen molar-refractivity contribution >= 4 is 5.91 Å². The molecule has 2 rings (SSSR count). The Morgan fingerprint density at radius 3 is 3.33 bits per heavy atom.